The Bertz CT molecular complexity index is 82.8. The van der Waals surface area contributed by atoms with Gasteiger partial charge in [0, 0.05) is 0 Å². The third kappa shape index (κ3) is 12.6. The van der Waals surface area contributed by atoms with Crippen LogP contribution in [0.4, 0.5) is 0 Å². The molecule has 0 N–H and O–H groups in total. The molecule has 0 unspecified atom stereocenters. The van der Waals surface area contributed by atoms with E-state index < -0.39 is 16.9 Å². The summed E-state index contributed by atoms with van der Waals surface area (Å²) in [5.74, 6) is 0. The molecule has 56 valence electrons. The van der Waals surface area contributed by atoms with Crippen LogP contribution in [0, 0.1) is 0 Å². The average Bonchev–Trinajstić information content (AvgIpc) is 1.14. The topological polar surface area (TPSA) is 32.3 Å². The third-order valence-electron chi connectivity index (χ3n) is 0.552. The van der Waals surface area contributed by atoms with Crippen molar-refractivity contribution in [2.75, 3.05) is 0 Å². The second-order valence-electron chi connectivity index (χ2n) is 3.61. The minimum absolute atomic E-state index is 0. The Morgan fingerprint density at radius 3 is 1.30 bits per heavy atom. The summed E-state index contributed by atoms with van der Waals surface area (Å²) in [5, 5.41) is 0. The minimum atomic E-state index is -2.48. The Balaban J connectivity index is 0. The minimum Gasteiger partial charge on any atom is -0.839 e. The first-order valence-corrected chi connectivity index (χ1v) is 9.34. The Kier molecular flexibility index (Phi) is 7.08. The zero-order valence-electron chi connectivity index (χ0n) is 7.82. The van der Waals surface area contributed by atoms with Gasteiger partial charge in [-0.2, -0.15) is 0 Å². The first kappa shape index (κ1) is 14.5. The van der Waals surface area contributed by atoms with Crippen molar-refractivity contribution in [3.63, 3.8) is 0 Å². The normalized spacial score (nSPS) is 12.6. The predicted molar refractivity (Wildman–Crippen MR) is 41.9 cm³/mol. The second kappa shape index (κ2) is 4.88. The van der Waals surface area contributed by atoms with Crippen LogP contribution in [0.2, 0.25) is 32.7 Å². The van der Waals surface area contributed by atoms with Gasteiger partial charge >= 0.3 is 51.4 Å². The molecule has 0 saturated carbocycles. The van der Waals surface area contributed by atoms with Crippen LogP contribution in [0.1, 0.15) is 0 Å². The summed E-state index contributed by atoms with van der Waals surface area (Å²) in [6.07, 6.45) is 0. The summed E-state index contributed by atoms with van der Waals surface area (Å²) in [4.78, 5) is 11.1. The molecule has 0 bridgehead atoms. The van der Waals surface area contributed by atoms with Gasteiger partial charge in [0.1, 0.15) is 0 Å². The zero-order valence-corrected chi connectivity index (χ0v) is 12.9. The molecule has 10 heavy (non-hydrogen) atoms. The van der Waals surface area contributed by atoms with Gasteiger partial charge in [0.05, 0.1) is 8.56 Å². The summed E-state index contributed by atoms with van der Waals surface area (Å²) >= 11 is 0. The monoisotopic (exact) mass is 202 g/mol. The Hall–Kier alpha value is 1.99. The summed E-state index contributed by atoms with van der Waals surface area (Å²) in [6, 6.07) is 0. The molecule has 0 aromatic carbocycles. The van der Waals surface area contributed by atoms with Crippen LogP contribution in [0.3, 0.4) is 0 Å². The van der Waals surface area contributed by atoms with Gasteiger partial charge in [0.2, 0.25) is 0 Å². The van der Waals surface area contributed by atoms with Gasteiger partial charge in [-0.05, 0) is 19.6 Å². The van der Waals surface area contributed by atoms with Crippen molar-refractivity contribution in [3.05, 3.63) is 0 Å². The molecule has 0 amide bonds. The zero-order chi connectivity index (χ0) is 7.71. The fraction of sp³-hybridized carbons (Fsp3) is 1.00. The van der Waals surface area contributed by atoms with Gasteiger partial charge in [-0.3, -0.25) is 0 Å². The first-order chi connectivity index (χ1) is 3.71. The van der Waals surface area contributed by atoms with Crippen LogP contribution >= 0.6 is 0 Å². The molecule has 0 radical (unpaired) electrons. The maximum absolute atomic E-state index is 11.1. The summed E-state index contributed by atoms with van der Waals surface area (Å²) in [5.41, 5.74) is 0. The van der Waals surface area contributed by atoms with Crippen LogP contribution < -0.4 is 56.2 Å². The quantitative estimate of drug-likeness (QED) is 0.481. The molecule has 2 nitrogen and oxygen atoms in total. The molecule has 5 heteroatoms. The molecule has 0 rings (SSSR count). The van der Waals surface area contributed by atoms with Crippen LogP contribution in [-0.4, -0.2) is 16.9 Å². The van der Waals surface area contributed by atoms with Gasteiger partial charge in [-0.25, -0.2) is 0 Å². The van der Waals surface area contributed by atoms with E-state index in [-0.39, 0.29) is 51.4 Å². The van der Waals surface area contributed by atoms with Crippen LogP contribution in [-0.2, 0) is 4.12 Å². The number of rotatable bonds is 2. The average molecular weight is 202 g/mol. The van der Waals surface area contributed by atoms with Gasteiger partial charge < -0.3 is 8.91 Å². The molecule has 0 aliphatic heterocycles. The molecule has 0 aromatic rings. The maximum Gasteiger partial charge on any atom is 1.00 e. The number of hydrogen-bond acceptors (Lipinski definition) is 2. The Morgan fingerprint density at radius 1 is 1.00 bits per heavy atom. The van der Waals surface area contributed by atoms with E-state index in [4.69, 9.17) is 4.12 Å². The summed E-state index contributed by atoms with van der Waals surface area (Å²) < 4.78 is 5.35. The van der Waals surface area contributed by atoms with Crippen LogP contribution in [0.25, 0.3) is 0 Å². The van der Waals surface area contributed by atoms with E-state index >= 15 is 0 Å². The van der Waals surface area contributed by atoms with Crippen LogP contribution in [0.15, 0.2) is 0 Å². The summed E-state index contributed by atoms with van der Waals surface area (Å²) in [7, 11) is -4.02. The molecule has 0 aliphatic rings. The molecule has 0 spiro atoms. The molecule has 0 atom stereocenters. The largest absolute Gasteiger partial charge is 1.00 e. The molecular formula is C5H15KO2Si2. The van der Waals surface area contributed by atoms with E-state index in [2.05, 4.69) is 0 Å². The second-order valence-corrected chi connectivity index (χ2v) is 11.5. The molecule has 0 aromatic heterocycles. The SMILES string of the molecule is C[Si](C)(C)O[Si](C)(C)[O-].[K+]. The van der Waals surface area contributed by atoms with Gasteiger partial charge in [0.15, 0.2) is 8.32 Å². The van der Waals surface area contributed by atoms with Crippen molar-refractivity contribution in [1.29, 1.82) is 0 Å². The third-order valence-corrected chi connectivity index (χ3v) is 4.97. The molecule has 0 aliphatic carbocycles. The van der Waals surface area contributed by atoms with Gasteiger partial charge in [0.25, 0.3) is 0 Å². The molecule has 0 fully saturated rings. The molecule has 0 saturated heterocycles. The standard InChI is InChI=1S/C5H15O2Si2.K/c1-8(2,3)7-9(4,5)6;/h1-5H3;/q-1;+1. The van der Waals surface area contributed by atoms with Crippen molar-refractivity contribution < 1.29 is 60.3 Å². The van der Waals surface area contributed by atoms with Crippen molar-refractivity contribution >= 4 is 16.9 Å². The fourth-order valence-electron chi connectivity index (χ4n) is 0.737. The Morgan fingerprint density at radius 2 is 1.30 bits per heavy atom. The smallest absolute Gasteiger partial charge is 0.839 e. The van der Waals surface area contributed by atoms with Crippen molar-refractivity contribution in [3.8, 4) is 0 Å². The van der Waals surface area contributed by atoms with E-state index in [1.807, 2.05) is 19.6 Å². The van der Waals surface area contributed by atoms with Gasteiger partial charge in [-0.1, -0.05) is 13.1 Å². The summed E-state index contributed by atoms with van der Waals surface area (Å²) in [6.45, 7) is 9.50. The van der Waals surface area contributed by atoms with Gasteiger partial charge in [-0.15, -0.1) is 0 Å². The van der Waals surface area contributed by atoms with E-state index in [1.54, 1.807) is 13.1 Å². The first-order valence-electron chi connectivity index (χ1n) is 3.11. The maximum atomic E-state index is 11.1. The fourth-order valence-corrected chi connectivity index (χ4v) is 6.64. The van der Waals surface area contributed by atoms with Crippen LogP contribution in [0.5, 0.6) is 0 Å². The van der Waals surface area contributed by atoms with Crippen molar-refractivity contribution in [2.24, 2.45) is 0 Å². The van der Waals surface area contributed by atoms with E-state index in [0.29, 0.717) is 0 Å². The molecule has 0 heterocycles. The van der Waals surface area contributed by atoms with Crippen molar-refractivity contribution in [1.82, 2.24) is 0 Å². The molecular weight excluding hydrogens is 187 g/mol. The van der Waals surface area contributed by atoms with E-state index in [9.17, 15) is 4.80 Å². The predicted octanol–water partition coefficient (Wildman–Crippen LogP) is -2.10. The van der Waals surface area contributed by atoms with E-state index in [0.717, 1.165) is 0 Å². The van der Waals surface area contributed by atoms with Crippen molar-refractivity contribution in [2.45, 2.75) is 32.7 Å². The number of hydrogen-bond donors (Lipinski definition) is 0. The van der Waals surface area contributed by atoms with E-state index in [1.165, 1.54) is 0 Å². The Labute approximate surface area is 108 Å².